The lowest BCUT2D eigenvalue weighted by Gasteiger charge is -2.37. The Hall–Kier alpha value is -1.32. The molecule has 1 unspecified atom stereocenters. The summed E-state index contributed by atoms with van der Waals surface area (Å²) < 4.78 is 0. The largest absolute Gasteiger partial charge is 0.370 e. The van der Waals surface area contributed by atoms with Gasteiger partial charge in [-0.05, 0) is 39.5 Å². The fraction of sp³-hybridized carbons (Fsp3) is 0.733. The van der Waals surface area contributed by atoms with E-state index in [4.69, 9.17) is 0 Å². The van der Waals surface area contributed by atoms with E-state index in [9.17, 15) is 0 Å². The van der Waals surface area contributed by atoms with Crippen LogP contribution in [0.3, 0.4) is 0 Å². The second kappa shape index (κ2) is 6.73. The first-order chi connectivity index (χ1) is 9.27. The lowest BCUT2D eigenvalue weighted by Crippen LogP contribution is -2.40. The Balaban J connectivity index is 2.25. The van der Waals surface area contributed by atoms with Crippen molar-refractivity contribution < 1.29 is 0 Å². The van der Waals surface area contributed by atoms with Gasteiger partial charge in [0.25, 0.3) is 0 Å². The molecule has 0 radical (unpaired) electrons. The summed E-state index contributed by atoms with van der Waals surface area (Å²) in [7, 11) is 0. The maximum atomic E-state index is 4.55. The molecule has 1 aliphatic heterocycles. The van der Waals surface area contributed by atoms with Crippen molar-refractivity contribution in [3.8, 4) is 0 Å². The van der Waals surface area contributed by atoms with Gasteiger partial charge in [0.1, 0.15) is 18.0 Å². The molecule has 106 valence electrons. The van der Waals surface area contributed by atoms with E-state index in [-0.39, 0.29) is 0 Å². The maximum absolute atomic E-state index is 4.55. The minimum absolute atomic E-state index is 0.654. The Bertz CT molecular complexity index is 403. The molecule has 1 fully saturated rings. The maximum Gasteiger partial charge on any atom is 0.137 e. The summed E-state index contributed by atoms with van der Waals surface area (Å²) in [6.45, 7) is 8.53. The van der Waals surface area contributed by atoms with Crippen LogP contribution in [0, 0.1) is 6.92 Å². The lowest BCUT2D eigenvalue weighted by molar-refractivity contribution is 0.431. The SMILES string of the molecule is CCCC1CCCCN1c1ncnc(NCC)c1C. The van der Waals surface area contributed by atoms with E-state index in [0.717, 1.165) is 24.7 Å². The molecule has 0 aliphatic carbocycles. The summed E-state index contributed by atoms with van der Waals surface area (Å²) in [6.07, 6.45) is 8.13. The molecule has 1 saturated heterocycles. The van der Waals surface area contributed by atoms with E-state index in [1.54, 1.807) is 6.33 Å². The van der Waals surface area contributed by atoms with Crippen molar-refractivity contribution in [3.63, 3.8) is 0 Å². The van der Waals surface area contributed by atoms with Gasteiger partial charge in [0.05, 0.1) is 0 Å². The summed E-state index contributed by atoms with van der Waals surface area (Å²) in [6, 6.07) is 0.654. The zero-order chi connectivity index (χ0) is 13.7. The lowest BCUT2D eigenvalue weighted by atomic mass is 9.98. The first-order valence-electron chi connectivity index (χ1n) is 7.60. The number of anilines is 2. The summed E-state index contributed by atoms with van der Waals surface area (Å²) in [5, 5.41) is 3.32. The minimum atomic E-state index is 0.654. The van der Waals surface area contributed by atoms with Crippen molar-refractivity contribution >= 4 is 11.6 Å². The summed E-state index contributed by atoms with van der Waals surface area (Å²) >= 11 is 0. The van der Waals surface area contributed by atoms with Crippen molar-refractivity contribution in [2.75, 3.05) is 23.3 Å². The van der Waals surface area contributed by atoms with Gasteiger partial charge in [0.15, 0.2) is 0 Å². The molecule has 0 amide bonds. The van der Waals surface area contributed by atoms with Crippen LogP contribution in [0.4, 0.5) is 11.6 Å². The van der Waals surface area contributed by atoms with Crippen LogP contribution < -0.4 is 10.2 Å². The Morgan fingerprint density at radius 1 is 1.32 bits per heavy atom. The number of nitrogens with zero attached hydrogens (tertiary/aromatic N) is 3. The Morgan fingerprint density at radius 2 is 2.16 bits per heavy atom. The van der Waals surface area contributed by atoms with Crippen LogP contribution in [0.2, 0.25) is 0 Å². The monoisotopic (exact) mass is 262 g/mol. The zero-order valence-corrected chi connectivity index (χ0v) is 12.4. The molecular weight excluding hydrogens is 236 g/mol. The molecule has 4 nitrogen and oxygen atoms in total. The number of aromatic nitrogens is 2. The van der Waals surface area contributed by atoms with Gasteiger partial charge in [-0.2, -0.15) is 0 Å². The highest BCUT2D eigenvalue weighted by molar-refractivity contribution is 5.58. The fourth-order valence-corrected chi connectivity index (χ4v) is 2.99. The van der Waals surface area contributed by atoms with E-state index in [1.807, 2.05) is 0 Å². The van der Waals surface area contributed by atoms with Gasteiger partial charge in [-0.15, -0.1) is 0 Å². The number of hydrogen-bond acceptors (Lipinski definition) is 4. The van der Waals surface area contributed by atoms with E-state index in [0.29, 0.717) is 6.04 Å². The second-order valence-electron chi connectivity index (χ2n) is 5.33. The van der Waals surface area contributed by atoms with Crippen molar-refractivity contribution in [2.45, 2.75) is 58.9 Å². The van der Waals surface area contributed by atoms with Gasteiger partial charge < -0.3 is 10.2 Å². The fourth-order valence-electron chi connectivity index (χ4n) is 2.99. The molecule has 2 heterocycles. The first kappa shape index (κ1) is 14.1. The topological polar surface area (TPSA) is 41.1 Å². The highest BCUT2D eigenvalue weighted by atomic mass is 15.2. The quantitative estimate of drug-likeness (QED) is 0.883. The molecule has 0 aromatic carbocycles. The average Bonchev–Trinajstić information content (AvgIpc) is 2.43. The van der Waals surface area contributed by atoms with E-state index >= 15 is 0 Å². The van der Waals surface area contributed by atoms with Crippen LogP contribution in [-0.2, 0) is 0 Å². The second-order valence-corrected chi connectivity index (χ2v) is 5.33. The Morgan fingerprint density at radius 3 is 2.89 bits per heavy atom. The predicted molar refractivity (Wildman–Crippen MR) is 80.8 cm³/mol. The summed E-state index contributed by atoms with van der Waals surface area (Å²) in [4.78, 5) is 11.4. The van der Waals surface area contributed by atoms with Crippen molar-refractivity contribution in [3.05, 3.63) is 11.9 Å². The molecule has 0 spiro atoms. The molecule has 1 aromatic heterocycles. The van der Waals surface area contributed by atoms with Crippen molar-refractivity contribution in [1.29, 1.82) is 0 Å². The van der Waals surface area contributed by atoms with Crippen LogP contribution in [0.15, 0.2) is 6.33 Å². The normalized spacial score (nSPS) is 19.5. The first-order valence-corrected chi connectivity index (χ1v) is 7.60. The number of nitrogens with one attached hydrogen (secondary N) is 1. The molecule has 1 N–H and O–H groups in total. The molecule has 2 rings (SSSR count). The minimum Gasteiger partial charge on any atom is -0.370 e. The highest BCUT2D eigenvalue weighted by Crippen LogP contribution is 2.30. The average molecular weight is 262 g/mol. The van der Waals surface area contributed by atoms with Gasteiger partial charge >= 0.3 is 0 Å². The van der Waals surface area contributed by atoms with Crippen LogP contribution in [0.1, 0.15) is 51.5 Å². The third-order valence-corrected chi connectivity index (χ3v) is 3.92. The summed E-state index contributed by atoms with van der Waals surface area (Å²) in [5.41, 5.74) is 1.19. The number of piperidine rings is 1. The third kappa shape index (κ3) is 3.17. The molecule has 0 bridgehead atoms. The smallest absolute Gasteiger partial charge is 0.137 e. The van der Waals surface area contributed by atoms with Gasteiger partial charge in [0.2, 0.25) is 0 Å². The highest BCUT2D eigenvalue weighted by Gasteiger charge is 2.24. The van der Waals surface area contributed by atoms with Crippen molar-refractivity contribution in [1.82, 2.24) is 9.97 Å². The summed E-state index contributed by atoms with van der Waals surface area (Å²) in [5.74, 6) is 2.11. The Labute approximate surface area is 116 Å². The van der Waals surface area contributed by atoms with Crippen LogP contribution in [0.25, 0.3) is 0 Å². The van der Waals surface area contributed by atoms with Crippen LogP contribution in [-0.4, -0.2) is 29.1 Å². The molecule has 1 atom stereocenters. The van der Waals surface area contributed by atoms with Crippen LogP contribution in [0.5, 0.6) is 0 Å². The molecule has 0 saturated carbocycles. The van der Waals surface area contributed by atoms with Gasteiger partial charge in [0, 0.05) is 24.7 Å². The van der Waals surface area contributed by atoms with E-state index in [2.05, 4.69) is 41.0 Å². The standard InChI is InChI=1S/C15H26N4/c1-4-8-13-9-6-7-10-19(13)15-12(3)14(16-5-2)17-11-18-15/h11,13H,4-10H2,1-3H3,(H,16,17,18). The van der Waals surface area contributed by atoms with Crippen LogP contribution >= 0.6 is 0 Å². The number of hydrogen-bond donors (Lipinski definition) is 1. The molecule has 1 aliphatic rings. The molecule has 19 heavy (non-hydrogen) atoms. The van der Waals surface area contributed by atoms with Gasteiger partial charge in [-0.3, -0.25) is 0 Å². The van der Waals surface area contributed by atoms with Gasteiger partial charge in [-0.1, -0.05) is 13.3 Å². The van der Waals surface area contributed by atoms with E-state index < -0.39 is 0 Å². The predicted octanol–water partition coefficient (Wildman–Crippen LogP) is 3.38. The number of rotatable bonds is 5. The molecule has 4 heteroatoms. The van der Waals surface area contributed by atoms with Gasteiger partial charge in [-0.25, -0.2) is 9.97 Å². The zero-order valence-electron chi connectivity index (χ0n) is 12.4. The van der Waals surface area contributed by atoms with Crippen molar-refractivity contribution in [2.24, 2.45) is 0 Å². The van der Waals surface area contributed by atoms with E-state index in [1.165, 1.54) is 37.7 Å². The third-order valence-electron chi connectivity index (χ3n) is 3.92. The molecule has 1 aromatic rings. The Kier molecular flexibility index (Phi) is 5.00. The molecular formula is C15H26N4.